The second-order valence-electron chi connectivity index (χ2n) is 4.50. The fourth-order valence-corrected chi connectivity index (χ4v) is 3.43. The van der Waals surface area contributed by atoms with E-state index in [0.717, 1.165) is 29.8 Å². The summed E-state index contributed by atoms with van der Waals surface area (Å²) in [5, 5.41) is 2.95. The van der Waals surface area contributed by atoms with E-state index in [0.29, 0.717) is 6.54 Å². The smallest absolute Gasteiger partial charge is 0.261 e. The molecule has 4 nitrogen and oxygen atoms in total. The van der Waals surface area contributed by atoms with Crippen LogP contribution in [-0.4, -0.2) is 22.4 Å². The topological polar surface area (TPSA) is 57.8 Å². The first-order chi connectivity index (χ1) is 8.83. The summed E-state index contributed by atoms with van der Waals surface area (Å²) in [6.07, 6.45) is 7.74. The van der Waals surface area contributed by atoms with Crippen molar-refractivity contribution in [3.8, 4) is 0 Å². The molecule has 1 aliphatic rings. The van der Waals surface area contributed by atoms with Crippen LogP contribution in [-0.2, 0) is 19.3 Å². The minimum absolute atomic E-state index is 0.0499. The molecule has 2 heterocycles. The molecule has 0 radical (unpaired) electrons. The molecule has 2 aromatic rings. The van der Waals surface area contributed by atoms with Gasteiger partial charge in [0.15, 0.2) is 0 Å². The molecule has 5 heteroatoms. The zero-order valence-corrected chi connectivity index (χ0v) is 10.8. The average molecular weight is 261 g/mol. The Hall–Kier alpha value is -1.62. The fraction of sp³-hybridized carbons (Fsp3) is 0.385. The largest absolute Gasteiger partial charge is 0.351 e. The van der Waals surface area contributed by atoms with Gasteiger partial charge in [-0.05, 0) is 30.9 Å². The van der Waals surface area contributed by atoms with Crippen molar-refractivity contribution >= 4 is 17.2 Å². The zero-order chi connectivity index (χ0) is 12.4. The molecule has 1 aliphatic carbocycles. The second kappa shape index (κ2) is 4.94. The third-order valence-corrected chi connectivity index (χ3v) is 4.44. The molecular formula is C13H15N3OS. The highest BCUT2D eigenvalue weighted by molar-refractivity contribution is 7.14. The van der Waals surface area contributed by atoms with E-state index in [-0.39, 0.29) is 5.91 Å². The number of imidazole rings is 1. The monoisotopic (exact) mass is 261 g/mol. The maximum Gasteiger partial charge on any atom is 0.261 e. The first kappa shape index (κ1) is 11.5. The number of H-pyrrole nitrogens is 1. The van der Waals surface area contributed by atoms with Gasteiger partial charge in [0, 0.05) is 29.7 Å². The summed E-state index contributed by atoms with van der Waals surface area (Å²) < 4.78 is 0. The lowest BCUT2D eigenvalue weighted by atomic mass is 10.2. The lowest BCUT2D eigenvalue weighted by Gasteiger charge is -2.02. The SMILES string of the molecule is O=C(NCCc1cnc[nH]1)c1cc2c(s1)CCC2. The van der Waals surface area contributed by atoms with E-state index in [1.807, 2.05) is 0 Å². The van der Waals surface area contributed by atoms with Crippen LogP contribution in [0, 0.1) is 0 Å². The maximum atomic E-state index is 12.0. The highest BCUT2D eigenvalue weighted by Gasteiger charge is 2.17. The van der Waals surface area contributed by atoms with Crippen LogP contribution in [0.5, 0.6) is 0 Å². The van der Waals surface area contributed by atoms with Gasteiger partial charge in [0.1, 0.15) is 0 Å². The van der Waals surface area contributed by atoms with Crippen molar-refractivity contribution in [2.45, 2.75) is 25.7 Å². The van der Waals surface area contributed by atoms with Crippen LogP contribution in [0.15, 0.2) is 18.6 Å². The number of fused-ring (bicyclic) bond motifs is 1. The molecule has 94 valence electrons. The number of nitrogens with zero attached hydrogens (tertiary/aromatic N) is 1. The molecule has 2 N–H and O–H groups in total. The van der Waals surface area contributed by atoms with Gasteiger partial charge in [-0.3, -0.25) is 4.79 Å². The van der Waals surface area contributed by atoms with E-state index in [2.05, 4.69) is 21.4 Å². The molecule has 0 aliphatic heterocycles. The summed E-state index contributed by atoms with van der Waals surface area (Å²) in [7, 11) is 0. The van der Waals surface area contributed by atoms with Gasteiger partial charge >= 0.3 is 0 Å². The Morgan fingerprint density at radius 1 is 1.50 bits per heavy atom. The molecule has 0 saturated carbocycles. The van der Waals surface area contributed by atoms with Crippen molar-refractivity contribution in [2.24, 2.45) is 0 Å². The number of rotatable bonds is 4. The molecular weight excluding hydrogens is 246 g/mol. The number of hydrogen-bond donors (Lipinski definition) is 2. The highest BCUT2D eigenvalue weighted by Crippen LogP contribution is 2.30. The molecule has 18 heavy (non-hydrogen) atoms. The van der Waals surface area contributed by atoms with Gasteiger partial charge in [0.25, 0.3) is 5.91 Å². The Bertz CT molecular complexity index is 523. The van der Waals surface area contributed by atoms with E-state index in [9.17, 15) is 4.79 Å². The number of amides is 1. The molecule has 0 aromatic carbocycles. The van der Waals surface area contributed by atoms with Crippen molar-refractivity contribution in [1.82, 2.24) is 15.3 Å². The van der Waals surface area contributed by atoms with Crippen molar-refractivity contribution in [3.05, 3.63) is 39.6 Å². The van der Waals surface area contributed by atoms with Crippen molar-refractivity contribution in [3.63, 3.8) is 0 Å². The molecule has 1 amide bonds. The van der Waals surface area contributed by atoms with Crippen molar-refractivity contribution in [2.75, 3.05) is 6.54 Å². The van der Waals surface area contributed by atoms with Crippen LogP contribution in [0.2, 0.25) is 0 Å². The first-order valence-electron chi connectivity index (χ1n) is 6.20. The molecule has 2 aromatic heterocycles. The Kier molecular flexibility index (Phi) is 3.15. The summed E-state index contributed by atoms with van der Waals surface area (Å²) in [6.45, 7) is 0.642. The summed E-state index contributed by atoms with van der Waals surface area (Å²) >= 11 is 1.65. The molecule has 0 atom stereocenters. The van der Waals surface area contributed by atoms with Crippen LogP contribution in [0.3, 0.4) is 0 Å². The lowest BCUT2D eigenvalue weighted by molar-refractivity contribution is 0.0958. The lowest BCUT2D eigenvalue weighted by Crippen LogP contribution is -2.24. The van der Waals surface area contributed by atoms with Gasteiger partial charge in [-0.15, -0.1) is 11.3 Å². The van der Waals surface area contributed by atoms with E-state index in [4.69, 9.17) is 0 Å². The van der Waals surface area contributed by atoms with E-state index >= 15 is 0 Å². The summed E-state index contributed by atoms with van der Waals surface area (Å²) in [6, 6.07) is 2.05. The van der Waals surface area contributed by atoms with E-state index in [1.165, 1.54) is 16.9 Å². The van der Waals surface area contributed by atoms with E-state index < -0.39 is 0 Å². The van der Waals surface area contributed by atoms with E-state index in [1.54, 1.807) is 23.9 Å². The number of carbonyl (C=O) groups is 1. The Labute approximate surface area is 109 Å². The Morgan fingerprint density at radius 2 is 2.44 bits per heavy atom. The van der Waals surface area contributed by atoms with Gasteiger partial charge < -0.3 is 10.3 Å². The average Bonchev–Trinajstić information content (AvgIpc) is 3.04. The fourth-order valence-electron chi connectivity index (χ4n) is 2.26. The number of hydrogen-bond acceptors (Lipinski definition) is 3. The number of nitrogens with one attached hydrogen (secondary N) is 2. The predicted molar refractivity (Wildman–Crippen MR) is 71.0 cm³/mol. The minimum Gasteiger partial charge on any atom is -0.351 e. The molecule has 0 saturated heterocycles. The predicted octanol–water partition coefficient (Wildman–Crippen LogP) is 1.93. The van der Waals surface area contributed by atoms with Crippen LogP contribution >= 0.6 is 11.3 Å². The first-order valence-corrected chi connectivity index (χ1v) is 7.01. The van der Waals surface area contributed by atoms with Gasteiger partial charge in [-0.2, -0.15) is 0 Å². The second-order valence-corrected chi connectivity index (χ2v) is 5.63. The zero-order valence-electron chi connectivity index (χ0n) is 10.0. The third kappa shape index (κ3) is 2.31. The Balaban J connectivity index is 1.54. The van der Waals surface area contributed by atoms with Crippen molar-refractivity contribution < 1.29 is 4.79 Å². The van der Waals surface area contributed by atoms with Gasteiger partial charge in [-0.25, -0.2) is 4.98 Å². The molecule has 3 rings (SSSR count). The summed E-state index contributed by atoms with van der Waals surface area (Å²) in [5.41, 5.74) is 2.42. The summed E-state index contributed by atoms with van der Waals surface area (Å²) in [4.78, 5) is 21.2. The normalized spacial score (nSPS) is 13.6. The highest BCUT2D eigenvalue weighted by atomic mass is 32.1. The van der Waals surface area contributed by atoms with Crippen LogP contribution in [0.25, 0.3) is 0 Å². The minimum atomic E-state index is 0.0499. The van der Waals surface area contributed by atoms with Crippen LogP contribution in [0.4, 0.5) is 0 Å². The molecule has 0 unspecified atom stereocenters. The third-order valence-electron chi connectivity index (χ3n) is 3.21. The Morgan fingerprint density at radius 3 is 3.22 bits per heavy atom. The molecule has 0 fully saturated rings. The van der Waals surface area contributed by atoms with Gasteiger partial charge in [0.05, 0.1) is 11.2 Å². The number of carbonyl (C=O) groups excluding carboxylic acids is 1. The number of aryl methyl sites for hydroxylation is 2. The number of aromatic nitrogens is 2. The van der Waals surface area contributed by atoms with Crippen LogP contribution < -0.4 is 5.32 Å². The number of thiophene rings is 1. The van der Waals surface area contributed by atoms with Crippen molar-refractivity contribution in [1.29, 1.82) is 0 Å². The summed E-state index contributed by atoms with van der Waals surface area (Å²) in [5.74, 6) is 0.0499. The van der Waals surface area contributed by atoms with Gasteiger partial charge in [0.2, 0.25) is 0 Å². The molecule has 0 spiro atoms. The number of aromatic amines is 1. The quantitative estimate of drug-likeness (QED) is 0.883. The standard InChI is InChI=1S/C13H15N3OS/c17-13(15-5-4-10-7-14-8-16-10)12-6-9-2-1-3-11(9)18-12/h6-8H,1-5H2,(H,14,16)(H,15,17). The van der Waals surface area contributed by atoms with Crippen LogP contribution in [0.1, 0.15) is 32.2 Å². The van der Waals surface area contributed by atoms with Gasteiger partial charge in [-0.1, -0.05) is 0 Å². The molecule has 0 bridgehead atoms. The maximum absolute atomic E-state index is 12.0.